The molecule has 0 atom stereocenters. The lowest BCUT2D eigenvalue weighted by Gasteiger charge is -2.06. The molecule has 0 saturated heterocycles. The molecule has 0 radical (unpaired) electrons. The maximum absolute atomic E-state index is 11.6. The summed E-state index contributed by atoms with van der Waals surface area (Å²) >= 11 is 0.312. The van der Waals surface area contributed by atoms with Gasteiger partial charge in [-0.3, -0.25) is 0 Å². The van der Waals surface area contributed by atoms with Crippen LogP contribution in [0.15, 0.2) is 30.3 Å². The van der Waals surface area contributed by atoms with E-state index in [9.17, 15) is 4.21 Å². The maximum Gasteiger partial charge on any atom is 0.163 e. The van der Waals surface area contributed by atoms with Crippen molar-refractivity contribution in [2.75, 3.05) is 20.0 Å². The third-order valence-electron chi connectivity index (χ3n) is 3.29. The van der Waals surface area contributed by atoms with E-state index in [1.54, 1.807) is 44.6 Å². The lowest BCUT2D eigenvalue weighted by Crippen LogP contribution is -2.08. The van der Waals surface area contributed by atoms with Crippen LogP contribution in [0.3, 0.4) is 0 Å². The summed E-state index contributed by atoms with van der Waals surface area (Å²) in [5, 5.41) is 0. The molecule has 3 aromatic rings. The fraction of sp³-hybridized carbons (Fsp3) is 0.133. The van der Waals surface area contributed by atoms with Crippen molar-refractivity contribution in [3.05, 3.63) is 41.9 Å². The highest BCUT2D eigenvalue weighted by atomic mass is 32.1. The van der Waals surface area contributed by atoms with Gasteiger partial charge in [-0.1, -0.05) is 6.07 Å². The molecule has 0 fully saturated rings. The molecule has 2 heterocycles. The molecule has 2 aromatic heterocycles. The van der Waals surface area contributed by atoms with Crippen molar-refractivity contribution in [2.24, 2.45) is 0 Å². The molecule has 0 amide bonds. The number of rotatable bonds is 4. The number of nitrogens with zero attached hydrogens (tertiary/aromatic N) is 2. The molecule has 0 aliphatic heterocycles. The number of aromatic nitrogens is 3. The van der Waals surface area contributed by atoms with Crippen LogP contribution in [-0.4, -0.2) is 38.2 Å². The van der Waals surface area contributed by atoms with E-state index in [4.69, 9.17) is 15.2 Å². The van der Waals surface area contributed by atoms with Crippen molar-refractivity contribution < 1.29 is 13.7 Å². The number of benzene rings is 1. The number of imidazole rings is 1. The van der Waals surface area contributed by atoms with Crippen LogP contribution in [0, 0.1) is 0 Å². The SMILES string of the molecule is COc1cc2nc(C(=S=O)c3cccc(N)n3)[nH]c2cc1OC. The predicted molar refractivity (Wildman–Crippen MR) is 89.2 cm³/mol. The van der Waals surface area contributed by atoms with Gasteiger partial charge in [0.05, 0.1) is 30.9 Å². The first-order valence-electron chi connectivity index (χ1n) is 6.68. The van der Waals surface area contributed by atoms with Crippen molar-refractivity contribution in [3.8, 4) is 11.5 Å². The first kappa shape index (κ1) is 15.0. The number of anilines is 1. The Morgan fingerprint density at radius 1 is 1.17 bits per heavy atom. The zero-order chi connectivity index (χ0) is 16.4. The Morgan fingerprint density at radius 2 is 1.91 bits per heavy atom. The number of nitrogen functional groups attached to an aromatic ring is 1. The predicted octanol–water partition coefficient (Wildman–Crippen LogP) is 1.34. The molecule has 3 N–H and O–H groups in total. The molecule has 0 aliphatic carbocycles. The van der Waals surface area contributed by atoms with Gasteiger partial charge in [0.1, 0.15) is 21.9 Å². The average Bonchev–Trinajstić information content (AvgIpc) is 2.96. The molecule has 3 rings (SSSR count). The maximum atomic E-state index is 11.6. The van der Waals surface area contributed by atoms with Gasteiger partial charge in [0.2, 0.25) is 0 Å². The minimum atomic E-state index is 0.312. The second-order valence-electron chi connectivity index (χ2n) is 4.67. The fourth-order valence-electron chi connectivity index (χ4n) is 2.23. The van der Waals surface area contributed by atoms with Crippen LogP contribution >= 0.6 is 0 Å². The van der Waals surface area contributed by atoms with E-state index in [2.05, 4.69) is 15.0 Å². The van der Waals surface area contributed by atoms with E-state index in [-0.39, 0.29) is 0 Å². The summed E-state index contributed by atoms with van der Waals surface area (Å²) < 4.78 is 22.1. The lowest BCUT2D eigenvalue weighted by atomic mass is 10.2. The first-order chi connectivity index (χ1) is 11.2. The Balaban J connectivity index is 2.14. The third kappa shape index (κ3) is 2.76. The van der Waals surface area contributed by atoms with Crippen LogP contribution in [0.5, 0.6) is 11.5 Å². The van der Waals surface area contributed by atoms with Crippen LogP contribution in [-0.2, 0) is 11.3 Å². The minimum Gasteiger partial charge on any atom is -0.493 e. The summed E-state index contributed by atoms with van der Waals surface area (Å²) in [6, 6.07) is 8.62. The number of ether oxygens (including phenoxy) is 2. The van der Waals surface area contributed by atoms with Gasteiger partial charge in [-0.2, -0.15) is 0 Å². The Bertz CT molecular complexity index is 891. The molecular weight excluding hydrogens is 316 g/mol. The van der Waals surface area contributed by atoms with Crippen molar-refractivity contribution in [3.63, 3.8) is 0 Å². The number of hydrogen-bond donors (Lipinski definition) is 2. The number of methoxy groups -OCH3 is 2. The number of fused-ring (bicyclic) bond motifs is 1. The van der Waals surface area contributed by atoms with E-state index in [1.807, 2.05) is 0 Å². The average molecular weight is 330 g/mol. The summed E-state index contributed by atoms with van der Waals surface area (Å²) in [7, 11) is 3.11. The Labute approximate surface area is 135 Å². The highest BCUT2D eigenvalue weighted by Gasteiger charge is 2.15. The van der Waals surface area contributed by atoms with Crippen molar-refractivity contribution in [1.82, 2.24) is 15.0 Å². The van der Waals surface area contributed by atoms with Gasteiger partial charge in [-0.15, -0.1) is 0 Å². The molecule has 1 aromatic carbocycles. The van der Waals surface area contributed by atoms with Crippen LogP contribution in [0.25, 0.3) is 11.0 Å². The molecule has 8 heteroatoms. The van der Waals surface area contributed by atoms with Gasteiger partial charge in [0.15, 0.2) is 17.3 Å². The fourth-order valence-corrected chi connectivity index (χ4v) is 2.60. The molecule has 0 spiro atoms. The normalized spacial score (nSPS) is 10.5. The van der Waals surface area contributed by atoms with Gasteiger partial charge in [-0.25, -0.2) is 14.2 Å². The molecule has 23 heavy (non-hydrogen) atoms. The molecule has 0 unspecified atom stereocenters. The van der Waals surface area contributed by atoms with Crippen molar-refractivity contribution in [1.29, 1.82) is 0 Å². The van der Waals surface area contributed by atoms with E-state index in [1.165, 1.54) is 0 Å². The second kappa shape index (κ2) is 6.09. The number of hydrogen-bond acceptors (Lipinski definition) is 6. The van der Waals surface area contributed by atoms with E-state index < -0.39 is 0 Å². The summed E-state index contributed by atoms with van der Waals surface area (Å²) in [6.07, 6.45) is 0. The smallest absolute Gasteiger partial charge is 0.163 e. The van der Waals surface area contributed by atoms with Crippen LogP contribution in [0.1, 0.15) is 11.5 Å². The number of nitrogens with one attached hydrogen (secondary N) is 1. The quantitative estimate of drug-likeness (QED) is 0.553. The van der Waals surface area contributed by atoms with Crippen LogP contribution in [0.2, 0.25) is 0 Å². The van der Waals surface area contributed by atoms with Gasteiger partial charge < -0.3 is 20.2 Å². The highest BCUT2D eigenvalue weighted by molar-refractivity contribution is 7.67. The zero-order valence-electron chi connectivity index (χ0n) is 12.5. The van der Waals surface area contributed by atoms with E-state index in [0.29, 0.717) is 50.5 Å². The number of aromatic amines is 1. The molecule has 0 bridgehead atoms. The monoisotopic (exact) mass is 330 g/mol. The summed E-state index contributed by atoms with van der Waals surface area (Å²) in [4.78, 5) is 12.1. The topological polar surface area (TPSA) is 103 Å². The standard InChI is InChI=1S/C15H14N4O3S/c1-21-11-6-9-10(7-12(11)22-2)19-15(18-9)14(23-20)8-4-3-5-13(16)17-8/h3-7H,1-2H3,(H2,16,17)(H,18,19). The largest absolute Gasteiger partial charge is 0.493 e. The summed E-state index contributed by atoms with van der Waals surface area (Å²) in [5.74, 6) is 1.91. The third-order valence-corrected chi connectivity index (χ3v) is 3.86. The van der Waals surface area contributed by atoms with Gasteiger partial charge in [0.25, 0.3) is 0 Å². The van der Waals surface area contributed by atoms with Gasteiger partial charge in [0, 0.05) is 12.1 Å². The molecule has 0 saturated carbocycles. The minimum absolute atomic E-state index is 0.312. The first-order valence-corrected chi connectivity index (χ1v) is 7.42. The molecule has 0 aliphatic rings. The van der Waals surface area contributed by atoms with Crippen molar-refractivity contribution >= 4 is 33.0 Å². The van der Waals surface area contributed by atoms with Crippen LogP contribution in [0.4, 0.5) is 5.82 Å². The molecule has 118 valence electrons. The Kier molecular flexibility index (Phi) is 3.98. The highest BCUT2D eigenvalue weighted by Crippen LogP contribution is 2.31. The summed E-state index contributed by atoms with van der Waals surface area (Å²) in [5.41, 5.74) is 7.55. The number of nitrogens with two attached hydrogens (primary N) is 1. The number of pyridine rings is 1. The van der Waals surface area contributed by atoms with Crippen LogP contribution < -0.4 is 15.2 Å². The zero-order valence-corrected chi connectivity index (χ0v) is 13.3. The van der Waals surface area contributed by atoms with Gasteiger partial charge >= 0.3 is 0 Å². The summed E-state index contributed by atoms with van der Waals surface area (Å²) in [6.45, 7) is 0. The lowest BCUT2D eigenvalue weighted by molar-refractivity contribution is 0.356. The Hall–Kier alpha value is -2.87. The van der Waals surface area contributed by atoms with E-state index in [0.717, 1.165) is 5.52 Å². The number of H-pyrrole nitrogens is 1. The van der Waals surface area contributed by atoms with Gasteiger partial charge in [-0.05, 0) is 12.1 Å². The second-order valence-corrected chi connectivity index (χ2v) is 5.24. The molecule has 7 nitrogen and oxygen atoms in total. The van der Waals surface area contributed by atoms with E-state index >= 15 is 0 Å². The molecular formula is C15H14N4O3S. The van der Waals surface area contributed by atoms with Crippen molar-refractivity contribution in [2.45, 2.75) is 0 Å². The Morgan fingerprint density at radius 3 is 2.57 bits per heavy atom.